The van der Waals surface area contributed by atoms with Gasteiger partial charge >= 0.3 is 0 Å². The highest BCUT2D eigenvalue weighted by molar-refractivity contribution is 7.91. The standard InChI is InChI=1S/C23H25ClN2O4S/c24-19-5-1-16(2-6-19)9-12-25-22(27)11-14-31(29,30)20-7-8-21-18(15-20)10-13-26(21)23(28)17-3-4-17/h1-2,5-8,15,17H,3-4,9-14H2,(H,25,27). The number of nitrogens with one attached hydrogen (secondary N) is 1. The number of carbonyl (C=O) groups is 2. The maximum Gasteiger partial charge on any atom is 0.230 e. The Morgan fingerprint density at radius 3 is 2.55 bits per heavy atom. The molecule has 0 spiro atoms. The number of nitrogens with zero attached hydrogens (tertiary/aromatic N) is 1. The van der Waals surface area contributed by atoms with E-state index in [1.807, 2.05) is 12.1 Å². The predicted molar refractivity (Wildman–Crippen MR) is 120 cm³/mol. The van der Waals surface area contributed by atoms with Crippen molar-refractivity contribution in [3.05, 3.63) is 58.6 Å². The van der Waals surface area contributed by atoms with Crippen LogP contribution >= 0.6 is 11.6 Å². The Labute approximate surface area is 187 Å². The molecular weight excluding hydrogens is 436 g/mol. The normalized spacial score (nSPS) is 15.6. The molecule has 8 heteroatoms. The van der Waals surface area contributed by atoms with Gasteiger partial charge in [0.15, 0.2) is 9.84 Å². The van der Waals surface area contributed by atoms with Crippen molar-refractivity contribution < 1.29 is 18.0 Å². The van der Waals surface area contributed by atoms with Gasteiger partial charge in [0.25, 0.3) is 0 Å². The van der Waals surface area contributed by atoms with E-state index in [0.29, 0.717) is 31.0 Å². The number of fused-ring (bicyclic) bond motifs is 1. The first-order valence-corrected chi connectivity index (χ1v) is 12.5. The molecule has 0 saturated heterocycles. The fraction of sp³-hybridized carbons (Fsp3) is 0.391. The molecular formula is C23H25ClN2O4S. The number of sulfone groups is 1. The van der Waals surface area contributed by atoms with E-state index in [1.165, 1.54) is 0 Å². The van der Waals surface area contributed by atoms with Crippen LogP contribution in [0.4, 0.5) is 5.69 Å². The minimum Gasteiger partial charge on any atom is -0.356 e. The van der Waals surface area contributed by atoms with Crippen molar-refractivity contribution in [3.8, 4) is 0 Å². The molecule has 4 rings (SSSR count). The number of carbonyl (C=O) groups excluding carboxylic acids is 2. The first-order chi connectivity index (χ1) is 14.8. The molecule has 1 saturated carbocycles. The summed E-state index contributed by atoms with van der Waals surface area (Å²) in [4.78, 5) is 26.5. The Bertz CT molecular complexity index is 1100. The fourth-order valence-corrected chi connectivity index (χ4v) is 5.19. The summed E-state index contributed by atoms with van der Waals surface area (Å²) >= 11 is 5.85. The van der Waals surface area contributed by atoms with Gasteiger partial charge < -0.3 is 10.2 Å². The average Bonchev–Trinajstić information content (AvgIpc) is 3.52. The van der Waals surface area contributed by atoms with Crippen LogP contribution in [-0.4, -0.2) is 39.1 Å². The Balaban J connectivity index is 1.30. The summed E-state index contributed by atoms with van der Waals surface area (Å²) in [7, 11) is -3.58. The maximum absolute atomic E-state index is 12.7. The number of halogens is 1. The van der Waals surface area contributed by atoms with E-state index in [9.17, 15) is 18.0 Å². The van der Waals surface area contributed by atoms with Gasteiger partial charge in [-0.2, -0.15) is 0 Å². The third kappa shape index (κ3) is 5.28. The lowest BCUT2D eigenvalue weighted by atomic mass is 10.1. The minimum absolute atomic E-state index is 0.0909. The van der Waals surface area contributed by atoms with Crippen LogP contribution in [0.2, 0.25) is 5.02 Å². The SMILES string of the molecule is O=C(CCS(=O)(=O)c1ccc2c(c1)CCN2C(=O)C1CC1)NCCc1ccc(Cl)cc1. The lowest BCUT2D eigenvalue weighted by Crippen LogP contribution is -2.30. The summed E-state index contributed by atoms with van der Waals surface area (Å²) < 4.78 is 25.4. The molecule has 2 aromatic rings. The number of anilines is 1. The summed E-state index contributed by atoms with van der Waals surface area (Å²) in [6.45, 7) is 1.04. The zero-order chi connectivity index (χ0) is 22.0. The lowest BCUT2D eigenvalue weighted by molar-refractivity contribution is -0.121. The summed E-state index contributed by atoms with van der Waals surface area (Å²) in [6.07, 6.45) is 3.10. The van der Waals surface area contributed by atoms with E-state index >= 15 is 0 Å². The largest absolute Gasteiger partial charge is 0.356 e. The van der Waals surface area contributed by atoms with E-state index in [2.05, 4.69) is 5.32 Å². The molecule has 0 aromatic heterocycles. The van der Waals surface area contributed by atoms with Gasteiger partial charge in [0.1, 0.15) is 0 Å². The number of hydrogen-bond acceptors (Lipinski definition) is 4. The summed E-state index contributed by atoms with van der Waals surface area (Å²) in [5, 5.41) is 3.42. The molecule has 0 unspecified atom stereocenters. The van der Waals surface area contributed by atoms with E-state index < -0.39 is 9.84 Å². The molecule has 1 aliphatic carbocycles. The van der Waals surface area contributed by atoms with Crippen molar-refractivity contribution >= 4 is 38.9 Å². The second-order valence-corrected chi connectivity index (χ2v) is 10.6. The van der Waals surface area contributed by atoms with Crippen molar-refractivity contribution in [1.82, 2.24) is 5.32 Å². The predicted octanol–water partition coefficient (Wildman–Crippen LogP) is 3.16. The average molecular weight is 461 g/mol. The Kier molecular flexibility index (Phi) is 6.34. The van der Waals surface area contributed by atoms with Gasteiger partial charge in [-0.15, -0.1) is 0 Å². The highest BCUT2D eigenvalue weighted by Gasteiger charge is 2.36. The summed E-state index contributed by atoms with van der Waals surface area (Å²) in [5.74, 6) is -0.263. The molecule has 1 aliphatic heterocycles. The van der Waals surface area contributed by atoms with Crippen LogP contribution in [0.5, 0.6) is 0 Å². The van der Waals surface area contributed by atoms with Gasteiger partial charge in [0, 0.05) is 36.1 Å². The third-order valence-electron chi connectivity index (χ3n) is 5.75. The monoisotopic (exact) mass is 460 g/mol. The van der Waals surface area contributed by atoms with E-state index in [0.717, 1.165) is 29.7 Å². The second-order valence-electron chi connectivity index (χ2n) is 8.10. The highest BCUT2D eigenvalue weighted by Crippen LogP contribution is 2.37. The van der Waals surface area contributed by atoms with Crippen LogP contribution in [0.15, 0.2) is 47.4 Å². The zero-order valence-electron chi connectivity index (χ0n) is 17.1. The van der Waals surface area contributed by atoms with Crippen molar-refractivity contribution in [1.29, 1.82) is 0 Å². The van der Waals surface area contributed by atoms with Crippen LogP contribution in [0.25, 0.3) is 0 Å². The van der Waals surface area contributed by atoms with E-state index in [4.69, 9.17) is 11.6 Å². The summed E-state index contributed by atoms with van der Waals surface area (Å²) in [6, 6.07) is 12.3. The molecule has 1 N–H and O–H groups in total. The van der Waals surface area contributed by atoms with Gasteiger partial charge in [0.05, 0.1) is 10.6 Å². The lowest BCUT2D eigenvalue weighted by Gasteiger charge is -2.17. The Morgan fingerprint density at radius 2 is 1.84 bits per heavy atom. The zero-order valence-corrected chi connectivity index (χ0v) is 18.7. The fourth-order valence-electron chi connectivity index (χ4n) is 3.78. The number of amides is 2. The molecule has 0 radical (unpaired) electrons. The maximum atomic E-state index is 12.7. The van der Waals surface area contributed by atoms with Gasteiger partial charge in [-0.1, -0.05) is 23.7 Å². The topological polar surface area (TPSA) is 83.6 Å². The van der Waals surface area contributed by atoms with Crippen LogP contribution in [0.3, 0.4) is 0 Å². The molecule has 2 aliphatic rings. The quantitative estimate of drug-likeness (QED) is 0.655. The molecule has 0 bridgehead atoms. The molecule has 31 heavy (non-hydrogen) atoms. The van der Waals surface area contributed by atoms with Gasteiger partial charge in [0.2, 0.25) is 11.8 Å². The van der Waals surface area contributed by atoms with Crippen LogP contribution in [-0.2, 0) is 32.3 Å². The summed E-state index contributed by atoms with van der Waals surface area (Å²) in [5.41, 5.74) is 2.74. The Morgan fingerprint density at radius 1 is 1.10 bits per heavy atom. The molecule has 1 fully saturated rings. The van der Waals surface area contributed by atoms with Crippen molar-refractivity contribution in [3.63, 3.8) is 0 Å². The second kappa shape index (κ2) is 9.01. The minimum atomic E-state index is -3.58. The van der Waals surface area contributed by atoms with Gasteiger partial charge in [-0.05, 0) is 67.1 Å². The molecule has 1 heterocycles. The smallest absolute Gasteiger partial charge is 0.230 e. The van der Waals surface area contributed by atoms with Crippen molar-refractivity contribution in [2.75, 3.05) is 23.7 Å². The number of benzene rings is 2. The van der Waals surface area contributed by atoms with E-state index in [-0.39, 0.29) is 34.8 Å². The Hall–Kier alpha value is -2.38. The molecule has 6 nitrogen and oxygen atoms in total. The van der Waals surface area contributed by atoms with Gasteiger partial charge in [-0.3, -0.25) is 9.59 Å². The number of hydrogen-bond donors (Lipinski definition) is 1. The molecule has 0 atom stereocenters. The van der Waals surface area contributed by atoms with Crippen molar-refractivity contribution in [2.45, 2.75) is 37.0 Å². The molecule has 164 valence electrons. The first-order valence-electron chi connectivity index (χ1n) is 10.5. The third-order valence-corrected chi connectivity index (χ3v) is 7.71. The van der Waals surface area contributed by atoms with Crippen molar-refractivity contribution in [2.24, 2.45) is 5.92 Å². The molecule has 2 amide bonds. The highest BCUT2D eigenvalue weighted by atomic mass is 35.5. The number of rotatable bonds is 8. The van der Waals surface area contributed by atoms with Crippen LogP contribution < -0.4 is 10.2 Å². The first kappa shape index (κ1) is 21.8. The molecule has 2 aromatic carbocycles. The van der Waals surface area contributed by atoms with Crippen LogP contribution in [0, 0.1) is 5.92 Å². The van der Waals surface area contributed by atoms with E-state index in [1.54, 1.807) is 35.2 Å². The van der Waals surface area contributed by atoms with Crippen LogP contribution in [0.1, 0.15) is 30.4 Å². The van der Waals surface area contributed by atoms with Gasteiger partial charge in [-0.25, -0.2) is 8.42 Å².